The Morgan fingerprint density at radius 1 is 1.03 bits per heavy atom. The maximum Gasteiger partial charge on any atom is 0.408 e. The molecule has 3 aromatic rings. The highest BCUT2D eigenvalue weighted by Gasteiger charge is 2.54. The zero-order valence-corrected chi connectivity index (χ0v) is 23.8. The Kier molecular flexibility index (Phi) is 6.48. The van der Waals surface area contributed by atoms with Gasteiger partial charge in [0.15, 0.2) is 11.5 Å². The van der Waals surface area contributed by atoms with E-state index < -0.39 is 27.1 Å². The lowest BCUT2D eigenvalue weighted by Gasteiger charge is -2.53. The summed E-state index contributed by atoms with van der Waals surface area (Å²) in [6.45, 7) is 7.40. The Morgan fingerprint density at radius 2 is 1.64 bits per heavy atom. The zero-order chi connectivity index (χ0) is 28.2. The van der Waals surface area contributed by atoms with Crippen molar-refractivity contribution in [3.8, 4) is 0 Å². The Morgan fingerprint density at radius 3 is 2.23 bits per heavy atom. The minimum atomic E-state index is -3.84. The molecule has 10 nitrogen and oxygen atoms in total. The van der Waals surface area contributed by atoms with E-state index in [1.54, 1.807) is 37.4 Å². The molecule has 2 heterocycles. The largest absolute Gasteiger partial charge is 0.444 e. The van der Waals surface area contributed by atoms with Gasteiger partial charge in [-0.3, -0.25) is 9.69 Å². The molecule has 0 aliphatic heterocycles. The van der Waals surface area contributed by atoms with E-state index in [1.165, 1.54) is 17.3 Å². The van der Waals surface area contributed by atoms with Gasteiger partial charge in [-0.1, -0.05) is 17.7 Å². The third-order valence-corrected chi connectivity index (χ3v) is 9.72. The molecular formula is C28H35N5O5S. The number of hydrogen-bond donors (Lipinski definition) is 1. The SMILES string of the molecule is Cc1ccc(S(=O)(=O)n2ccc3nc(N(C)C(=O)C45CCC(NC(=O)OC(C)(C)C)(CC4)CC5)cnc32)cc1. The highest BCUT2D eigenvalue weighted by molar-refractivity contribution is 7.90. The van der Waals surface area contributed by atoms with E-state index in [4.69, 9.17) is 4.74 Å². The van der Waals surface area contributed by atoms with Crippen LogP contribution in [0.5, 0.6) is 0 Å². The van der Waals surface area contributed by atoms with Gasteiger partial charge in [0.05, 0.1) is 16.5 Å². The van der Waals surface area contributed by atoms with Crippen molar-refractivity contribution in [1.29, 1.82) is 0 Å². The molecule has 3 aliphatic rings. The first-order valence-corrected chi connectivity index (χ1v) is 14.6. The second-order valence-corrected chi connectivity index (χ2v) is 13.7. The van der Waals surface area contributed by atoms with Gasteiger partial charge in [0.1, 0.15) is 11.1 Å². The van der Waals surface area contributed by atoms with Crippen molar-refractivity contribution in [2.45, 2.75) is 82.3 Å². The summed E-state index contributed by atoms with van der Waals surface area (Å²) in [6, 6.07) is 8.21. The topological polar surface area (TPSA) is 123 Å². The van der Waals surface area contributed by atoms with Crippen LogP contribution in [-0.4, -0.2) is 52.5 Å². The molecule has 0 atom stereocenters. The fourth-order valence-electron chi connectivity index (χ4n) is 5.73. The summed E-state index contributed by atoms with van der Waals surface area (Å²) in [7, 11) is -2.16. The van der Waals surface area contributed by atoms with Gasteiger partial charge in [0.2, 0.25) is 5.91 Å². The number of aromatic nitrogens is 3. The zero-order valence-electron chi connectivity index (χ0n) is 23.0. The van der Waals surface area contributed by atoms with Crippen LogP contribution in [0.2, 0.25) is 0 Å². The summed E-state index contributed by atoms with van der Waals surface area (Å²) < 4.78 is 33.0. The van der Waals surface area contributed by atoms with Crippen molar-refractivity contribution in [1.82, 2.24) is 19.3 Å². The Balaban J connectivity index is 1.32. The Labute approximate surface area is 228 Å². The van der Waals surface area contributed by atoms with E-state index in [0.29, 0.717) is 49.9 Å². The van der Waals surface area contributed by atoms with E-state index in [2.05, 4.69) is 15.3 Å². The van der Waals surface area contributed by atoms with Crippen LogP contribution < -0.4 is 10.2 Å². The fourth-order valence-corrected chi connectivity index (χ4v) is 7.03. The normalized spacial score (nSPS) is 23.0. The molecule has 1 N–H and O–H groups in total. The summed E-state index contributed by atoms with van der Waals surface area (Å²) in [5.74, 6) is 0.329. The number of ether oxygens (including phenoxy) is 1. The van der Waals surface area contributed by atoms with Gasteiger partial charge >= 0.3 is 6.09 Å². The molecule has 0 saturated heterocycles. The van der Waals surface area contributed by atoms with Gasteiger partial charge in [-0.25, -0.2) is 27.2 Å². The van der Waals surface area contributed by atoms with E-state index >= 15 is 0 Å². The highest BCUT2D eigenvalue weighted by atomic mass is 32.2. The van der Waals surface area contributed by atoms with E-state index in [-0.39, 0.29) is 22.0 Å². The van der Waals surface area contributed by atoms with Gasteiger partial charge in [0.25, 0.3) is 10.0 Å². The highest BCUT2D eigenvalue weighted by Crippen LogP contribution is 2.53. The molecule has 0 radical (unpaired) electrons. The first kappa shape index (κ1) is 27.1. The lowest BCUT2D eigenvalue weighted by molar-refractivity contribution is -0.135. The van der Waals surface area contributed by atoms with E-state index in [1.807, 2.05) is 27.7 Å². The standard InChI is InChI=1S/C28H35N5O5S/c1-19-6-8-20(9-7-19)39(36,37)33-17-10-21-23(33)29-18-22(30-21)32(5)24(34)27-11-14-28(15-12-27,16-13-27)31-25(35)38-26(2,3)4/h6-10,17-18H,11-16H2,1-5H3,(H,31,35). The van der Waals surface area contributed by atoms with Gasteiger partial charge in [-0.2, -0.15) is 0 Å². The summed E-state index contributed by atoms with van der Waals surface area (Å²) in [5, 5.41) is 3.08. The van der Waals surface area contributed by atoms with Crippen LogP contribution >= 0.6 is 0 Å². The number of carbonyl (C=O) groups excluding carboxylic acids is 2. The van der Waals surface area contributed by atoms with Crippen molar-refractivity contribution in [3.63, 3.8) is 0 Å². The number of anilines is 1. The number of amides is 2. The van der Waals surface area contributed by atoms with Gasteiger partial charge in [0, 0.05) is 18.8 Å². The van der Waals surface area contributed by atoms with Crippen LogP contribution in [0.1, 0.15) is 64.9 Å². The number of aryl methyl sites for hydroxylation is 1. The summed E-state index contributed by atoms with van der Waals surface area (Å²) in [6.07, 6.45) is 6.55. The molecule has 3 fully saturated rings. The first-order chi connectivity index (χ1) is 18.2. The quantitative estimate of drug-likeness (QED) is 0.491. The molecule has 11 heteroatoms. The molecule has 6 rings (SSSR count). The third-order valence-electron chi connectivity index (χ3n) is 8.04. The van der Waals surface area contributed by atoms with Crippen molar-refractivity contribution in [3.05, 3.63) is 48.3 Å². The maximum atomic E-state index is 13.7. The predicted octanol–water partition coefficient (Wildman–Crippen LogP) is 4.56. The Hall–Kier alpha value is -3.47. The molecule has 3 saturated carbocycles. The van der Waals surface area contributed by atoms with Crippen LogP contribution in [0, 0.1) is 12.3 Å². The summed E-state index contributed by atoms with van der Waals surface area (Å²) >= 11 is 0. The number of fused-ring (bicyclic) bond motifs is 4. The van der Waals surface area contributed by atoms with Crippen LogP contribution in [0.4, 0.5) is 10.6 Å². The van der Waals surface area contributed by atoms with Crippen molar-refractivity contribution in [2.24, 2.45) is 5.41 Å². The number of hydrogen-bond acceptors (Lipinski definition) is 7. The van der Waals surface area contributed by atoms with Crippen LogP contribution in [-0.2, 0) is 19.6 Å². The van der Waals surface area contributed by atoms with Crippen LogP contribution in [0.3, 0.4) is 0 Å². The van der Waals surface area contributed by atoms with Crippen LogP contribution in [0.25, 0.3) is 11.2 Å². The van der Waals surface area contributed by atoms with Crippen molar-refractivity contribution >= 4 is 39.0 Å². The number of alkyl carbamates (subject to hydrolysis) is 1. The average Bonchev–Trinajstić information content (AvgIpc) is 3.32. The number of nitrogens with zero attached hydrogens (tertiary/aromatic N) is 4. The summed E-state index contributed by atoms with van der Waals surface area (Å²) in [4.78, 5) is 36.8. The molecule has 0 unspecified atom stereocenters. The smallest absolute Gasteiger partial charge is 0.408 e. The molecule has 3 aliphatic carbocycles. The molecular weight excluding hydrogens is 518 g/mol. The molecule has 1 aromatic carbocycles. The van der Waals surface area contributed by atoms with Crippen molar-refractivity contribution < 1.29 is 22.7 Å². The third kappa shape index (κ3) is 4.99. The Bertz CT molecular complexity index is 1510. The average molecular weight is 554 g/mol. The molecule has 2 bridgehead atoms. The van der Waals surface area contributed by atoms with Crippen molar-refractivity contribution in [2.75, 3.05) is 11.9 Å². The number of nitrogens with one attached hydrogen (secondary N) is 1. The minimum absolute atomic E-state index is 0.0339. The lowest BCUT2D eigenvalue weighted by atomic mass is 9.56. The number of carbonyl (C=O) groups is 2. The maximum absolute atomic E-state index is 13.7. The second-order valence-electron chi connectivity index (χ2n) is 11.9. The molecule has 39 heavy (non-hydrogen) atoms. The van der Waals surface area contributed by atoms with Gasteiger partial charge < -0.3 is 10.1 Å². The monoisotopic (exact) mass is 553 g/mol. The minimum Gasteiger partial charge on any atom is -0.444 e. The summed E-state index contributed by atoms with van der Waals surface area (Å²) in [5.41, 5.74) is 0.112. The van der Waals surface area contributed by atoms with Gasteiger partial charge in [-0.15, -0.1) is 0 Å². The van der Waals surface area contributed by atoms with E-state index in [0.717, 1.165) is 9.54 Å². The molecule has 2 aromatic heterocycles. The number of rotatable bonds is 5. The lowest BCUT2D eigenvalue weighted by Crippen LogP contribution is -2.60. The molecule has 208 valence electrons. The first-order valence-electron chi connectivity index (χ1n) is 13.2. The fraction of sp³-hybridized carbons (Fsp3) is 0.500. The number of benzene rings is 1. The van der Waals surface area contributed by atoms with Crippen LogP contribution in [0.15, 0.2) is 47.6 Å². The van der Waals surface area contributed by atoms with E-state index in [9.17, 15) is 18.0 Å². The molecule has 2 amide bonds. The van der Waals surface area contributed by atoms with Gasteiger partial charge in [-0.05, 0) is 84.4 Å². The predicted molar refractivity (Wildman–Crippen MR) is 147 cm³/mol. The molecule has 0 spiro atoms. The second kappa shape index (κ2) is 9.32.